The van der Waals surface area contributed by atoms with E-state index in [0.29, 0.717) is 24.0 Å². The van der Waals surface area contributed by atoms with Crippen molar-refractivity contribution in [2.45, 2.75) is 33.1 Å². The first-order valence-corrected chi connectivity index (χ1v) is 9.54. The van der Waals surface area contributed by atoms with Gasteiger partial charge in [-0.25, -0.2) is 4.98 Å². The van der Waals surface area contributed by atoms with E-state index in [0.717, 1.165) is 25.9 Å². The van der Waals surface area contributed by atoms with Crippen LogP contribution < -0.4 is 16.0 Å². The van der Waals surface area contributed by atoms with Crippen molar-refractivity contribution < 1.29 is 14.3 Å². The predicted octanol–water partition coefficient (Wildman–Crippen LogP) is 2.26. The third kappa shape index (κ3) is 8.31. The first-order chi connectivity index (χ1) is 11.9. The number of amides is 2. The quantitative estimate of drug-likeness (QED) is 0.576. The third-order valence-corrected chi connectivity index (χ3v) is 5.23. The van der Waals surface area contributed by atoms with Crippen LogP contribution in [0.15, 0.2) is 5.38 Å². The third-order valence-electron chi connectivity index (χ3n) is 4.42. The number of carbonyl (C=O) groups is 2. The number of halogens is 2. The van der Waals surface area contributed by atoms with Gasteiger partial charge >= 0.3 is 0 Å². The maximum Gasteiger partial charge on any atom is 0.228 e. The summed E-state index contributed by atoms with van der Waals surface area (Å²) < 4.78 is 5.36. The summed E-state index contributed by atoms with van der Waals surface area (Å²) >= 11 is 1.34. The zero-order chi connectivity index (χ0) is 18.3. The van der Waals surface area contributed by atoms with Crippen molar-refractivity contribution in [3.63, 3.8) is 0 Å². The predicted molar refractivity (Wildman–Crippen MR) is 113 cm³/mol. The molecular weight excluding hydrogens is 411 g/mol. The van der Waals surface area contributed by atoms with Gasteiger partial charge in [0.15, 0.2) is 5.13 Å². The second-order valence-corrected chi connectivity index (χ2v) is 7.78. The van der Waals surface area contributed by atoms with Crippen LogP contribution in [0.3, 0.4) is 0 Å². The van der Waals surface area contributed by atoms with Crippen LogP contribution in [0.2, 0.25) is 0 Å². The number of rotatable bonds is 8. The Morgan fingerprint density at radius 3 is 2.59 bits per heavy atom. The van der Waals surface area contributed by atoms with Gasteiger partial charge in [0.25, 0.3) is 0 Å². The first-order valence-electron chi connectivity index (χ1n) is 8.66. The number of thiazole rings is 1. The lowest BCUT2D eigenvalue weighted by Crippen LogP contribution is -2.47. The molecule has 0 spiro atoms. The lowest BCUT2D eigenvalue weighted by Gasteiger charge is -2.37. The molecule has 1 fully saturated rings. The van der Waals surface area contributed by atoms with Crippen LogP contribution in [0.4, 0.5) is 5.13 Å². The van der Waals surface area contributed by atoms with Gasteiger partial charge in [0.2, 0.25) is 11.8 Å². The first kappa shape index (κ1) is 26.1. The average molecular weight is 441 g/mol. The summed E-state index contributed by atoms with van der Waals surface area (Å²) in [6, 6.07) is 0. The zero-order valence-corrected chi connectivity index (χ0v) is 18.5. The lowest BCUT2D eigenvalue weighted by atomic mass is 9.79. The largest absolute Gasteiger partial charge is 0.384 e. The maximum absolute atomic E-state index is 12.3. The molecule has 1 aliphatic rings. The number of nitrogens with one attached hydrogen (secondary N) is 3. The number of aromatic nitrogens is 1. The summed E-state index contributed by atoms with van der Waals surface area (Å²) in [7, 11) is 1.70. The minimum absolute atomic E-state index is 0. The summed E-state index contributed by atoms with van der Waals surface area (Å²) in [5.41, 5.74) is 0.682. The number of methoxy groups -OCH3 is 1. The molecule has 2 rings (SSSR count). The van der Waals surface area contributed by atoms with E-state index in [1.807, 2.05) is 19.2 Å². The molecule has 27 heavy (non-hydrogen) atoms. The van der Waals surface area contributed by atoms with Gasteiger partial charge in [0.05, 0.1) is 18.7 Å². The molecular formula is C17H30Cl2N4O3S. The number of ether oxygens (including phenoxy) is 1. The molecule has 1 aromatic heterocycles. The number of piperidine rings is 1. The van der Waals surface area contributed by atoms with E-state index in [4.69, 9.17) is 4.74 Å². The molecule has 0 bridgehead atoms. The van der Waals surface area contributed by atoms with Crippen molar-refractivity contribution in [2.75, 3.05) is 38.7 Å². The maximum atomic E-state index is 12.3. The number of nitrogens with zero attached hydrogens (tertiary/aromatic N) is 1. The van der Waals surface area contributed by atoms with Gasteiger partial charge in [-0.15, -0.1) is 36.2 Å². The summed E-state index contributed by atoms with van der Waals surface area (Å²) in [4.78, 5) is 28.2. The fourth-order valence-electron chi connectivity index (χ4n) is 2.84. The molecule has 3 N–H and O–H groups in total. The number of carbonyl (C=O) groups excluding carboxylic acids is 2. The Morgan fingerprint density at radius 1 is 1.33 bits per heavy atom. The van der Waals surface area contributed by atoms with Gasteiger partial charge in [0, 0.05) is 30.4 Å². The van der Waals surface area contributed by atoms with E-state index in [1.54, 1.807) is 7.11 Å². The van der Waals surface area contributed by atoms with Crippen LogP contribution >= 0.6 is 36.2 Å². The normalized spacial score (nSPS) is 15.4. The van der Waals surface area contributed by atoms with Gasteiger partial charge < -0.3 is 20.7 Å². The molecule has 0 aliphatic carbocycles. The molecule has 0 radical (unpaired) electrons. The standard InChI is InChI=1S/C17H28N4O3S.2ClH/c1-12(2)15(23)21-16-20-13(9-25-16)8-14(22)19-10-17(11-24-3)4-6-18-7-5-17;;/h9,12,18H,4-8,10-11H2,1-3H3,(H,19,22)(H,20,21,23);2*1H. The van der Waals surface area contributed by atoms with E-state index in [9.17, 15) is 9.59 Å². The Hall–Kier alpha value is -0.930. The van der Waals surface area contributed by atoms with Crippen LogP contribution in [-0.2, 0) is 20.7 Å². The molecule has 0 atom stereocenters. The molecule has 2 amide bonds. The molecule has 1 aromatic rings. The van der Waals surface area contributed by atoms with Gasteiger partial charge in [-0.05, 0) is 25.9 Å². The number of hydrogen-bond acceptors (Lipinski definition) is 6. The SMILES string of the molecule is COCC1(CNC(=O)Cc2csc(NC(=O)C(C)C)n2)CCNCC1.Cl.Cl. The van der Waals surface area contributed by atoms with Crippen molar-refractivity contribution in [1.82, 2.24) is 15.6 Å². The summed E-state index contributed by atoms with van der Waals surface area (Å²) in [5, 5.41) is 11.5. The minimum Gasteiger partial charge on any atom is -0.384 e. The molecule has 1 aliphatic heterocycles. The fourth-order valence-corrected chi connectivity index (χ4v) is 3.56. The summed E-state index contributed by atoms with van der Waals surface area (Å²) in [6.45, 7) is 6.82. The van der Waals surface area contributed by atoms with Crippen molar-refractivity contribution in [3.8, 4) is 0 Å². The van der Waals surface area contributed by atoms with Crippen LogP contribution in [0.25, 0.3) is 0 Å². The van der Waals surface area contributed by atoms with Crippen LogP contribution in [0.1, 0.15) is 32.4 Å². The second-order valence-electron chi connectivity index (χ2n) is 6.92. The molecule has 2 heterocycles. The zero-order valence-electron chi connectivity index (χ0n) is 16.0. The Labute approximate surface area is 177 Å². The highest BCUT2D eigenvalue weighted by molar-refractivity contribution is 7.13. The Kier molecular flexibility index (Phi) is 12.1. The van der Waals surface area contributed by atoms with E-state index in [2.05, 4.69) is 20.9 Å². The second kappa shape index (κ2) is 12.5. The van der Waals surface area contributed by atoms with Gasteiger partial charge in [0.1, 0.15) is 0 Å². The van der Waals surface area contributed by atoms with Crippen LogP contribution in [0, 0.1) is 11.3 Å². The number of anilines is 1. The van der Waals surface area contributed by atoms with Crippen LogP contribution in [-0.4, -0.2) is 50.1 Å². The molecule has 0 unspecified atom stereocenters. The highest BCUT2D eigenvalue weighted by Crippen LogP contribution is 2.28. The van der Waals surface area contributed by atoms with E-state index < -0.39 is 0 Å². The van der Waals surface area contributed by atoms with Gasteiger partial charge in [-0.1, -0.05) is 13.8 Å². The van der Waals surface area contributed by atoms with Crippen molar-refractivity contribution in [3.05, 3.63) is 11.1 Å². The topological polar surface area (TPSA) is 92.4 Å². The van der Waals surface area contributed by atoms with Gasteiger partial charge in [-0.2, -0.15) is 0 Å². The van der Waals surface area contributed by atoms with Gasteiger partial charge in [-0.3, -0.25) is 9.59 Å². The average Bonchev–Trinajstić information content (AvgIpc) is 3.01. The van der Waals surface area contributed by atoms with E-state index in [1.165, 1.54) is 11.3 Å². The van der Waals surface area contributed by atoms with E-state index >= 15 is 0 Å². The molecule has 1 saturated heterocycles. The van der Waals surface area contributed by atoms with Crippen molar-refractivity contribution in [1.29, 1.82) is 0 Å². The molecule has 10 heteroatoms. The minimum atomic E-state index is -0.0994. The highest BCUT2D eigenvalue weighted by atomic mass is 35.5. The fraction of sp³-hybridized carbons (Fsp3) is 0.706. The summed E-state index contributed by atoms with van der Waals surface area (Å²) in [6.07, 6.45) is 2.20. The van der Waals surface area contributed by atoms with E-state index in [-0.39, 0.29) is 54.4 Å². The Bertz CT molecular complexity index is 587. The molecule has 156 valence electrons. The molecule has 0 aromatic carbocycles. The van der Waals surface area contributed by atoms with Crippen LogP contribution in [0.5, 0.6) is 0 Å². The Balaban J connectivity index is 0.00000338. The lowest BCUT2D eigenvalue weighted by molar-refractivity contribution is -0.121. The molecule has 7 nitrogen and oxygen atoms in total. The smallest absolute Gasteiger partial charge is 0.228 e. The number of hydrogen-bond donors (Lipinski definition) is 3. The highest BCUT2D eigenvalue weighted by Gasteiger charge is 2.32. The monoisotopic (exact) mass is 440 g/mol. The van der Waals surface area contributed by atoms with Crippen molar-refractivity contribution in [2.24, 2.45) is 11.3 Å². The Morgan fingerprint density at radius 2 is 2.00 bits per heavy atom. The van der Waals surface area contributed by atoms with Crippen molar-refractivity contribution >= 4 is 53.1 Å². The summed E-state index contributed by atoms with van der Waals surface area (Å²) in [5.74, 6) is -0.226. The molecule has 0 saturated carbocycles.